The zero-order chi connectivity index (χ0) is 13.5. The third kappa shape index (κ3) is 3.78. The number of hydrogen-bond acceptors (Lipinski definition) is 4. The van der Waals surface area contributed by atoms with Crippen molar-refractivity contribution in [3.63, 3.8) is 0 Å². The Morgan fingerprint density at radius 3 is 2.83 bits per heavy atom. The molecule has 1 rings (SSSR count). The van der Waals surface area contributed by atoms with Crippen molar-refractivity contribution in [2.75, 3.05) is 32.2 Å². The number of hydrogen-bond donors (Lipinski definition) is 2. The van der Waals surface area contributed by atoms with E-state index in [1.54, 1.807) is 19.2 Å². The molecule has 0 aliphatic heterocycles. The minimum Gasteiger partial charge on any atom is -0.409 e. The summed E-state index contributed by atoms with van der Waals surface area (Å²) < 4.78 is 5.00. The fraction of sp³-hybridized carbons (Fsp3) is 0.417. The van der Waals surface area contributed by atoms with Crippen LogP contribution in [0.5, 0.6) is 0 Å². The molecule has 0 amide bonds. The lowest BCUT2D eigenvalue weighted by Crippen LogP contribution is -2.20. The Bertz CT molecular complexity index is 424. The second kappa shape index (κ2) is 7.08. The average Bonchev–Trinajstić information content (AvgIpc) is 2.37. The van der Waals surface area contributed by atoms with E-state index in [-0.39, 0.29) is 5.84 Å². The summed E-state index contributed by atoms with van der Waals surface area (Å²) >= 11 is 6.17. The highest BCUT2D eigenvalue weighted by Crippen LogP contribution is 2.26. The van der Waals surface area contributed by atoms with Gasteiger partial charge in [0.25, 0.3) is 0 Å². The first kappa shape index (κ1) is 14.6. The summed E-state index contributed by atoms with van der Waals surface area (Å²) in [5.41, 5.74) is 7.00. The van der Waals surface area contributed by atoms with Gasteiger partial charge in [0.1, 0.15) is 0 Å². The number of anilines is 1. The predicted octanol–water partition coefficient (Wildman–Crippen LogP) is 1.91. The van der Waals surface area contributed by atoms with Crippen LogP contribution in [-0.4, -0.2) is 38.4 Å². The molecule has 0 aliphatic carbocycles. The quantitative estimate of drug-likeness (QED) is 0.273. The summed E-state index contributed by atoms with van der Waals surface area (Å²) in [6.45, 7) is 1.56. The average molecular weight is 272 g/mol. The minimum absolute atomic E-state index is 0.0467. The Kier molecular flexibility index (Phi) is 5.74. The highest BCUT2D eigenvalue weighted by molar-refractivity contribution is 6.33. The van der Waals surface area contributed by atoms with E-state index in [1.165, 1.54) is 0 Å². The van der Waals surface area contributed by atoms with Crippen molar-refractivity contribution in [1.82, 2.24) is 0 Å². The van der Waals surface area contributed by atoms with E-state index >= 15 is 0 Å². The molecule has 0 saturated carbocycles. The molecule has 0 bridgehead atoms. The first-order valence-corrected chi connectivity index (χ1v) is 5.95. The van der Waals surface area contributed by atoms with Crippen LogP contribution < -0.4 is 10.6 Å². The molecule has 3 N–H and O–H groups in total. The van der Waals surface area contributed by atoms with Crippen molar-refractivity contribution in [2.24, 2.45) is 10.9 Å². The maximum Gasteiger partial charge on any atom is 0.170 e. The van der Waals surface area contributed by atoms with E-state index in [1.807, 2.05) is 18.0 Å². The minimum atomic E-state index is 0.0467. The lowest BCUT2D eigenvalue weighted by Gasteiger charge is -2.20. The molecule has 0 unspecified atom stereocenters. The van der Waals surface area contributed by atoms with E-state index in [0.29, 0.717) is 17.2 Å². The van der Waals surface area contributed by atoms with Gasteiger partial charge in [-0.3, -0.25) is 0 Å². The van der Waals surface area contributed by atoms with Gasteiger partial charge < -0.3 is 20.6 Å². The summed E-state index contributed by atoms with van der Waals surface area (Å²) in [5, 5.41) is 12.1. The van der Waals surface area contributed by atoms with Crippen LogP contribution in [0.1, 0.15) is 12.0 Å². The Hall–Kier alpha value is -1.46. The van der Waals surface area contributed by atoms with Gasteiger partial charge in [0.05, 0.1) is 10.7 Å². The summed E-state index contributed by atoms with van der Waals surface area (Å²) in [6, 6.07) is 5.30. The maximum absolute atomic E-state index is 8.60. The van der Waals surface area contributed by atoms with Crippen LogP contribution in [0.4, 0.5) is 5.69 Å². The molecule has 0 saturated heterocycles. The molecule has 0 fully saturated rings. The summed E-state index contributed by atoms with van der Waals surface area (Å²) in [6.07, 6.45) is 0.922. The molecule has 100 valence electrons. The molecule has 1 aromatic carbocycles. The fourth-order valence-electron chi connectivity index (χ4n) is 1.60. The number of methoxy groups -OCH3 is 1. The number of oxime groups is 1. The predicted molar refractivity (Wildman–Crippen MR) is 73.7 cm³/mol. The van der Waals surface area contributed by atoms with Crippen molar-refractivity contribution in [3.8, 4) is 0 Å². The number of amidine groups is 1. The van der Waals surface area contributed by atoms with Gasteiger partial charge in [0, 0.05) is 32.9 Å². The van der Waals surface area contributed by atoms with Crippen LogP contribution in [-0.2, 0) is 4.74 Å². The first-order chi connectivity index (χ1) is 8.60. The van der Waals surface area contributed by atoms with Gasteiger partial charge in [-0.25, -0.2) is 0 Å². The standard InChI is InChI=1S/C12H18ClN3O2/c1-16(6-3-7-18-2)11-5-4-9(8-10(11)13)12(14)15-17/h4-5,8,17H,3,6-7H2,1-2H3,(H2,14,15). The molecule has 0 radical (unpaired) electrons. The molecular formula is C12H18ClN3O2. The number of ether oxygens (including phenoxy) is 1. The molecule has 0 aliphatic rings. The van der Waals surface area contributed by atoms with Crippen molar-refractivity contribution < 1.29 is 9.94 Å². The van der Waals surface area contributed by atoms with Crippen molar-refractivity contribution in [2.45, 2.75) is 6.42 Å². The Labute approximate surface area is 112 Å². The fourth-order valence-corrected chi connectivity index (χ4v) is 1.92. The van der Waals surface area contributed by atoms with Crippen LogP contribution in [0, 0.1) is 0 Å². The summed E-state index contributed by atoms with van der Waals surface area (Å²) in [5.74, 6) is 0.0467. The maximum atomic E-state index is 8.60. The molecule has 0 spiro atoms. The Morgan fingerprint density at radius 2 is 2.28 bits per heavy atom. The van der Waals surface area contributed by atoms with Gasteiger partial charge in [0.15, 0.2) is 5.84 Å². The third-order valence-corrected chi connectivity index (χ3v) is 2.91. The van der Waals surface area contributed by atoms with Crippen LogP contribution in [0.3, 0.4) is 0 Å². The molecule has 6 heteroatoms. The summed E-state index contributed by atoms with van der Waals surface area (Å²) in [7, 11) is 3.64. The molecule has 0 heterocycles. The molecule has 0 aromatic heterocycles. The monoisotopic (exact) mass is 271 g/mol. The normalized spacial score (nSPS) is 11.6. The molecule has 18 heavy (non-hydrogen) atoms. The Balaban J connectivity index is 2.78. The van der Waals surface area contributed by atoms with E-state index < -0.39 is 0 Å². The molecule has 1 aromatic rings. The van der Waals surface area contributed by atoms with Gasteiger partial charge >= 0.3 is 0 Å². The van der Waals surface area contributed by atoms with E-state index in [0.717, 1.165) is 18.7 Å². The summed E-state index contributed by atoms with van der Waals surface area (Å²) in [4.78, 5) is 2.04. The topological polar surface area (TPSA) is 71.1 Å². The first-order valence-electron chi connectivity index (χ1n) is 5.57. The lowest BCUT2D eigenvalue weighted by molar-refractivity contribution is 0.196. The highest BCUT2D eigenvalue weighted by Gasteiger charge is 2.08. The third-order valence-electron chi connectivity index (χ3n) is 2.60. The SMILES string of the molecule is COCCCN(C)c1ccc(C(N)=NO)cc1Cl. The van der Waals surface area contributed by atoms with Gasteiger partial charge in [-0.15, -0.1) is 0 Å². The van der Waals surface area contributed by atoms with Crippen LogP contribution in [0.2, 0.25) is 5.02 Å². The second-order valence-corrected chi connectivity index (χ2v) is 4.33. The number of nitrogens with two attached hydrogens (primary N) is 1. The zero-order valence-electron chi connectivity index (χ0n) is 10.6. The number of nitrogens with zero attached hydrogens (tertiary/aromatic N) is 2. The second-order valence-electron chi connectivity index (χ2n) is 3.92. The smallest absolute Gasteiger partial charge is 0.170 e. The molecule has 5 nitrogen and oxygen atoms in total. The van der Waals surface area contributed by atoms with Crippen molar-refractivity contribution in [1.29, 1.82) is 0 Å². The van der Waals surface area contributed by atoms with Crippen LogP contribution in [0.15, 0.2) is 23.4 Å². The zero-order valence-corrected chi connectivity index (χ0v) is 11.3. The highest BCUT2D eigenvalue weighted by atomic mass is 35.5. The lowest BCUT2D eigenvalue weighted by atomic mass is 10.2. The number of rotatable bonds is 6. The van der Waals surface area contributed by atoms with Gasteiger partial charge in [-0.2, -0.15) is 0 Å². The van der Waals surface area contributed by atoms with Crippen molar-refractivity contribution in [3.05, 3.63) is 28.8 Å². The van der Waals surface area contributed by atoms with E-state index in [2.05, 4.69) is 5.16 Å². The van der Waals surface area contributed by atoms with Gasteiger partial charge in [-0.1, -0.05) is 16.8 Å². The Morgan fingerprint density at radius 1 is 1.56 bits per heavy atom. The van der Waals surface area contributed by atoms with Crippen LogP contribution in [0.25, 0.3) is 0 Å². The van der Waals surface area contributed by atoms with Gasteiger partial charge in [0.2, 0.25) is 0 Å². The molecular weight excluding hydrogens is 254 g/mol. The number of halogens is 1. The number of benzene rings is 1. The van der Waals surface area contributed by atoms with Gasteiger partial charge in [-0.05, 0) is 24.6 Å². The molecule has 0 atom stereocenters. The largest absolute Gasteiger partial charge is 0.409 e. The van der Waals surface area contributed by atoms with Crippen LogP contribution >= 0.6 is 11.6 Å². The van der Waals surface area contributed by atoms with E-state index in [4.69, 9.17) is 27.3 Å². The van der Waals surface area contributed by atoms with E-state index in [9.17, 15) is 0 Å². The van der Waals surface area contributed by atoms with Crippen molar-refractivity contribution >= 4 is 23.1 Å².